The summed E-state index contributed by atoms with van der Waals surface area (Å²) in [6, 6.07) is 15.3. The molecule has 3 aromatic rings. The van der Waals surface area contributed by atoms with Crippen LogP contribution in [0.4, 0.5) is 0 Å². The maximum Gasteiger partial charge on any atom is 0.232 e. The number of hydrogen-bond acceptors (Lipinski definition) is 4. The molecule has 1 fully saturated rings. The topological polar surface area (TPSA) is 59.2 Å². The van der Waals surface area contributed by atoms with Gasteiger partial charge in [0.25, 0.3) is 0 Å². The zero-order valence-corrected chi connectivity index (χ0v) is 16.1. The van der Waals surface area contributed by atoms with Crippen LogP contribution in [0.2, 0.25) is 5.02 Å². The number of hydrogen-bond donors (Lipinski definition) is 0. The number of amides is 1. The average Bonchev–Trinajstić information content (AvgIpc) is 3.24. The van der Waals surface area contributed by atoms with E-state index in [-0.39, 0.29) is 11.8 Å². The lowest BCUT2D eigenvalue weighted by atomic mass is 10.1. The Balaban J connectivity index is 1.50. The van der Waals surface area contributed by atoms with Crippen molar-refractivity contribution in [2.45, 2.75) is 18.9 Å². The number of likely N-dealkylation sites (tertiary alicyclic amines) is 1. The normalized spacial score (nSPS) is 17.1. The number of halogens is 2. The minimum absolute atomic E-state index is 0.0668. The Morgan fingerprint density at radius 1 is 1.23 bits per heavy atom. The maximum absolute atomic E-state index is 12.4. The fourth-order valence-electron chi connectivity index (χ4n) is 3.07. The van der Waals surface area contributed by atoms with Gasteiger partial charge in [0.05, 0.1) is 5.92 Å². The van der Waals surface area contributed by atoms with E-state index >= 15 is 0 Å². The van der Waals surface area contributed by atoms with Crippen molar-refractivity contribution < 1.29 is 9.32 Å². The average molecular weight is 433 g/mol. The van der Waals surface area contributed by atoms with Gasteiger partial charge in [-0.25, -0.2) is 0 Å². The standard InChI is InChI=1S/C19H15BrClN3O2/c20-15-6-3-5-12(8-15)18-22-19(26-23-18)14-9-17(25)24(11-14)10-13-4-1-2-7-16(13)21/h1-8,14H,9-11H2. The van der Waals surface area contributed by atoms with Crippen LogP contribution in [0.1, 0.15) is 23.8 Å². The summed E-state index contributed by atoms with van der Waals surface area (Å²) in [7, 11) is 0. The molecule has 7 heteroatoms. The summed E-state index contributed by atoms with van der Waals surface area (Å²) in [4.78, 5) is 18.7. The van der Waals surface area contributed by atoms with Crippen LogP contribution in [0, 0.1) is 0 Å². The molecule has 0 aliphatic carbocycles. The van der Waals surface area contributed by atoms with Crippen LogP contribution in [0.25, 0.3) is 11.4 Å². The van der Waals surface area contributed by atoms with Gasteiger partial charge in [-0.05, 0) is 23.8 Å². The van der Waals surface area contributed by atoms with Gasteiger partial charge in [-0.15, -0.1) is 0 Å². The SMILES string of the molecule is O=C1CC(c2nc(-c3cccc(Br)c3)no2)CN1Cc1ccccc1Cl. The number of carbonyl (C=O) groups excluding carboxylic acids is 1. The van der Waals surface area contributed by atoms with Gasteiger partial charge in [-0.2, -0.15) is 4.98 Å². The molecule has 1 aliphatic heterocycles. The molecule has 1 atom stereocenters. The first kappa shape index (κ1) is 17.2. The van der Waals surface area contributed by atoms with Crippen LogP contribution >= 0.6 is 27.5 Å². The van der Waals surface area contributed by atoms with Crippen LogP contribution in [-0.4, -0.2) is 27.5 Å². The highest BCUT2D eigenvalue weighted by molar-refractivity contribution is 9.10. The summed E-state index contributed by atoms with van der Waals surface area (Å²) < 4.78 is 6.38. The molecule has 1 aliphatic rings. The van der Waals surface area contributed by atoms with Gasteiger partial charge in [0, 0.05) is 34.6 Å². The molecule has 2 aromatic carbocycles. The predicted molar refractivity (Wildman–Crippen MR) is 102 cm³/mol. The number of rotatable bonds is 4. The second kappa shape index (κ2) is 7.21. The highest BCUT2D eigenvalue weighted by atomic mass is 79.9. The molecule has 0 radical (unpaired) electrons. The van der Waals surface area contributed by atoms with Crippen LogP contribution in [0.3, 0.4) is 0 Å². The van der Waals surface area contributed by atoms with Crippen molar-refractivity contribution in [1.82, 2.24) is 15.0 Å². The summed E-state index contributed by atoms with van der Waals surface area (Å²) in [5.74, 6) is 0.990. The van der Waals surface area contributed by atoms with E-state index in [0.29, 0.717) is 36.2 Å². The van der Waals surface area contributed by atoms with E-state index in [1.165, 1.54) is 0 Å². The lowest BCUT2D eigenvalue weighted by Gasteiger charge is -2.16. The molecule has 1 amide bonds. The Labute approximate surface area is 164 Å². The molecule has 0 bridgehead atoms. The van der Waals surface area contributed by atoms with Crippen LogP contribution in [0.5, 0.6) is 0 Å². The van der Waals surface area contributed by atoms with Crippen molar-refractivity contribution in [3.63, 3.8) is 0 Å². The van der Waals surface area contributed by atoms with Gasteiger partial charge in [0.2, 0.25) is 17.6 Å². The number of nitrogens with zero attached hydrogens (tertiary/aromatic N) is 3. The Kier molecular flexibility index (Phi) is 4.78. The van der Waals surface area contributed by atoms with Gasteiger partial charge in [-0.3, -0.25) is 4.79 Å². The van der Waals surface area contributed by atoms with E-state index in [1.54, 1.807) is 4.90 Å². The smallest absolute Gasteiger partial charge is 0.232 e. The Morgan fingerprint density at radius 3 is 2.88 bits per heavy atom. The highest BCUT2D eigenvalue weighted by Crippen LogP contribution is 2.31. The molecule has 0 spiro atoms. The van der Waals surface area contributed by atoms with E-state index in [4.69, 9.17) is 16.1 Å². The monoisotopic (exact) mass is 431 g/mol. The van der Waals surface area contributed by atoms with Crippen molar-refractivity contribution in [2.24, 2.45) is 0 Å². The third-order valence-corrected chi connectivity index (χ3v) is 5.27. The summed E-state index contributed by atoms with van der Waals surface area (Å²) in [5.41, 5.74) is 1.80. The minimum atomic E-state index is -0.0987. The molecule has 1 unspecified atom stereocenters. The highest BCUT2D eigenvalue weighted by Gasteiger charge is 2.34. The molecule has 26 heavy (non-hydrogen) atoms. The Bertz CT molecular complexity index is 959. The second-order valence-corrected chi connectivity index (χ2v) is 7.56. The van der Waals surface area contributed by atoms with Crippen molar-refractivity contribution in [3.05, 3.63) is 69.5 Å². The van der Waals surface area contributed by atoms with E-state index in [9.17, 15) is 4.79 Å². The molecule has 2 heterocycles. The number of benzene rings is 2. The number of carbonyl (C=O) groups is 1. The molecule has 0 N–H and O–H groups in total. The van der Waals surface area contributed by atoms with Crippen LogP contribution in [-0.2, 0) is 11.3 Å². The summed E-state index contributed by atoms with van der Waals surface area (Å²) >= 11 is 9.64. The van der Waals surface area contributed by atoms with Crippen LogP contribution in [0.15, 0.2) is 57.5 Å². The van der Waals surface area contributed by atoms with E-state index < -0.39 is 0 Å². The fraction of sp³-hybridized carbons (Fsp3) is 0.211. The summed E-state index contributed by atoms with van der Waals surface area (Å²) in [6.45, 7) is 1.03. The predicted octanol–water partition coefficient (Wildman–Crippen LogP) is 4.67. The quantitative estimate of drug-likeness (QED) is 0.601. The minimum Gasteiger partial charge on any atom is -0.339 e. The fourth-order valence-corrected chi connectivity index (χ4v) is 3.66. The van der Waals surface area contributed by atoms with Crippen LogP contribution < -0.4 is 0 Å². The summed E-state index contributed by atoms with van der Waals surface area (Å²) in [6.07, 6.45) is 0.366. The molecule has 1 saturated heterocycles. The largest absolute Gasteiger partial charge is 0.339 e. The molecule has 132 valence electrons. The summed E-state index contributed by atoms with van der Waals surface area (Å²) in [5, 5.41) is 4.73. The number of aromatic nitrogens is 2. The van der Waals surface area contributed by atoms with E-state index in [0.717, 1.165) is 15.6 Å². The first-order chi connectivity index (χ1) is 12.6. The first-order valence-corrected chi connectivity index (χ1v) is 9.38. The molecule has 1 aromatic heterocycles. The van der Waals surface area contributed by atoms with Gasteiger partial charge in [0.15, 0.2) is 0 Å². The molecule has 5 nitrogen and oxygen atoms in total. The van der Waals surface area contributed by atoms with Crippen molar-refractivity contribution in [1.29, 1.82) is 0 Å². The van der Waals surface area contributed by atoms with Crippen molar-refractivity contribution >= 4 is 33.4 Å². The molecule has 0 saturated carbocycles. The first-order valence-electron chi connectivity index (χ1n) is 8.21. The lowest BCUT2D eigenvalue weighted by Crippen LogP contribution is -2.24. The zero-order valence-electron chi connectivity index (χ0n) is 13.7. The zero-order chi connectivity index (χ0) is 18.1. The van der Waals surface area contributed by atoms with E-state index in [2.05, 4.69) is 26.1 Å². The lowest BCUT2D eigenvalue weighted by molar-refractivity contribution is -0.128. The second-order valence-electron chi connectivity index (χ2n) is 6.23. The van der Waals surface area contributed by atoms with Gasteiger partial charge < -0.3 is 9.42 Å². The Hall–Kier alpha value is -2.18. The maximum atomic E-state index is 12.4. The third kappa shape index (κ3) is 3.52. The molecular formula is C19H15BrClN3O2. The van der Waals surface area contributed by atoms with Crippen molar-refractivity contribution in [3.8, 4) is 11.4 Å². The molecule has 4 rings (SSSR count). The van der Waals surface area contributed by atoms with Gasteiger partial charge >= 0.3 is 0 Å². The van der Waals surface area contributed by atoms with Gasteiger partial charge in [0.1, 0.15) is 0 Å². The van der Waals surface area contributed by atoms with Crippen molar-refractivity contribution in [2.75, 3.05) is 6.54 Å². The third-order valence-electron chi connectivity index (χ3n) is 4.41. The van der Waals surface area contributed by atoms with Gasteiger partial charge in [-0.1, -0.05) is 63.0 Å². The molecular weight excluding hydrogens is 418 g/mol. The van der Waals surface area contributed by atoms with E-state index in [1.807, 2.05) is 48.5 Å². The Morgan fingerprint density at radius 2 is 2.08 bits per heavy atom.